The first-order chi connectivity index (χ1) is 13.8. The number of carbonyl (C=O) groups excluding carboxylic acids is 1. The van der Waals surface area contributed by atoms with E-state index in [-0.39, 0.29) is 11.8 Å². The molecule has 0 spiro atoms. The van der Waals surface area contributed by atoms with Gasteiger partial charge in [0, 0.05) is 64.7 Å². The summed E-state index contributed by atoms with van der Waals surface area (Å²) in [5.41, 5.74) is 0. The van der Waals surface area contributed by atoms with E-state index < -0.39 is 0 Å². The van der Waals surface area contributed by atoms with Crippen LogP contribution in [-0.4, -0.2) is 65.0 Å². The van der Waals surface area contributed by atoms with Crippen molar-refractivity contribution in [2.75, 3.05) is 39.4 Å². The van der Waals surface area contributed by atoms with Crippen LogP contribution in [0.15, 0.2) is 0 Å². The second-order valence-electron chi connectivity index (χ2n) is 8.67. The number of nitrogens with zero attached hydrogens (tertiary/aromatic N) is 4. The highest BCUT2D eigenvalue weighted by Crippen LogP contribution is 2.25. The Morgan fingerprint density at radius 2 is 1.86 bits per heavy atom. The molecule has 1 aliphatic carbocycles. The summed E-state index contributed by atoms with van der Waals surface area (Å²) in [5, 5.41) is 11.9. The average Bonchev–Trinajstić information content (AvgIpc) is 3.01. The molecule has 4 rings (SSSR count). The third-order valence-corrected chi connectivity index (χ3v) is 6.68. The third kappa shape index (κ3) is 5.11. The van der Waals surface area contributed by atoms with E-state index in [4.69, 9.17) is 4.74 Å². The number of ether oxygens (including phenoxy) is 1. The van der Waals surface area contributed by atoms with E-state index in [2.05, 4.69) is 25.0 Å². The van der Waals surface area contributed by atoms with Crippen LogP contribution in [-0.2, 0) is 28.9 Å². The van der Waals surface area contributed by atoms with E-state index in [1.165, 1.54) is 38.6 Å². The van der Waals surface area contributed by atoms with Crippen LogP contribution in [0.25, 0.3) is 0 Å². The standard InChI is InChI=1S/C21H35N5O2/c27-21(18-8-14-28-15-9-18)22-10-6-19-23-24-20-7-11-25(12-13-26(19)20)16-17-4-2-1-3-5-17/h17-18H,1-16H2,(H,22,27). The minimum atomic E-state index is 0.109. The number of hydrogen-bond acceptors (Lipinski definition) is 5. The highest BCUT2D eigenvalue weighted by molar-refractivity contribution is 5.78. The van der Waals surface area contributed by atoms with Crippen molar-refractivity contribution in [2.24, 2.45) is 11.8 Å². The number of hydrogen-bond donors (Lipinski definition) is 1. The molecule has 2 fully saturated rings. The van der Waals surface area contributed by atoms with Gasteiger partial charge in [-0.05, 0) is 31.6 Å². The molecular weight excluding hydrogens is 354 g/mol. The van der Waals surface area contributed by atoms with Gasteiger partial charge in [0.15, 0.2) is 0 Å². The van der Waals surface area contributed by atoms with Gasteiger partial charge >= 0.3 is 0 Å². The fourth-order valence-corrected chi connectivity index (χ4v) is 4.93. The van der Waals surface area contributed by atoms with Gasteiger partial charge in [-0.3, -0.25) is 4.79 Å². The normalized spacial score (nSPS) is 22.6. The first kappa shape index (κ1) is 19.8. The van der Waals surface area contributed by atoms with Gasteiger partial charge in [-0.25, -0.2) is 0 Å². The molecule has 7 heteroatoms. The fourth-order valence-electron chi connectivity index (χ4n) is 4.93. The summed E-state index contributed by atoms with van der Waals surface area (Å²) in [4.78, 5) is 14.9. The molecule has 3 aliphatic rings. The number of nitrogens with one attached hydrogen (secondary N) is 1. The highest BCUT2D eigenvalue weighted by atomic mass is 16.5. The van der Waals surface area contributed by atoms with Gasteiger partial charge in [0.05, 0.1) is 0 Å². The summed E-state index contributed by atoms with van der Waals surface area (Å²) in [6.07, 6.45) is 10.5. The van der Waals surface area contributed by atoms with Crippen LogP contribution in [0.3, 0.4) is 0 Å². The van der Waals surface area contributed by atoms with Gasteiger partial charge in [0.2, 0.25) is 5.91 Å². The minimum absolute atomic E-state index is 0.109. The number of aromatic nitrogens is 3. The molecule has 1 aromatic heterocycles. The lowest BCUT2D eigenvalue weighted by Gasteiger charge is -2.28. The van der Waals surface area contributed by atoms with Crippen LogP contribution >= 0.6 is 0 Å². The highest BCUT2D eigenvalue weighted by Gasteiger charge is 2.23. The first-order valence-corrected chi connectivity index (χ1v) is 11.3. The van der Waals surface area contributed by atoms with Crippen molar-refractivity contribution in [3.63, 3.8) is 0 Å². The number of amides is 1. The monoisotopic (exact) mass is 389 g/mol. The third-order valence-electron chi connectivity index (χ3n) is 6.68. The van der Waals surface area contributed by atoms with Crippen molar-refractivity contribution >= 4 is 5.91 Å². The van der Waals surface area contributed by atoms with Crippen molar-refractivity contribution in [3.8, 4) is 0 Å². The van der Waals surface area contributed by atoms with Crippen molar-refractivity contribution in [1.82, 2.24) is 25.0 Å². The quantitative estimate of drug-likeness (QED) is 0.803. The van der Waals surface area contributed by atoms with Crippen molar-refractivity contribution in [1.29, 1.82) is 0 Å². The Kier molecular flexibility index (Phi) is 6.96. The fraction of sp³-hybridized carbons (Fsp3) is 0.857. The summed E-state index contributed by atoms with van der Waals surface area (Å²) in [7, 11) is 0. The van der Waals surface area contributed by atoms with Gasteiger partial charge in [0.1, 0.15) is 11.6 Å². The lowest BCUT2D eigenvalue weighted by Crippen LogP contribution is -2.35. The Labute approximate surface area is 168 Å². The predicted molar refractivity (Wildman–Crippen MR) is 107 cm³/mol. The number of carbonyl (C=O) groups is 1. The van der Waals surface area contributed by atoms with Gasteiger partial charge in [-0.1, -0.05) is 19.3 Å². The Morgan fingerprint density at radius 3 is 2.68 bits per heavy atom. The molecule has 0 bridgehead atoms. The van der Waals surface area contributed by atoms with Crippen LogP contribution < -0.4 is 5.32 Å². The molecular formula is C21H35N5O2. The molecule has 7 nitrogen and oxygen atoms in total. The van der Waals surface area contributed by atoms with Crippen LogP contribution in [0.2, 0.25) is 0 Å². The Morgan fingerprint density at radius 1 is 1.04 bits per heavy atom. The zero-order chi connectivity index (χ0) is 19.2. The molecule has 28 heavy (non-hydrogen) atoms. The van der Waals surface area contributed by atoms with E-state index >= 15 is 0 Å². The molecule has 156 valence electrons. The predicted octanol–water partition coefficient (Wildman–Crippen LogP) is 1.80. The Bertz CT molecular complexity index is 635. The molecule has 1 saturated carbocycles. The van der Waals surface area contributed by atoms with E-state index in [1.807, 2.05) is 0 Å². The smallest absolute Gasteiger partial charge is 0.223 e. The summed E-state index contributed by atoms with van der Waals surface area (Å²) in [5.74, 6) is 3.28. The molecule has 0 unspecified atom stereocenters. The largest absolute Gasteiger partial charge is 0.381 e. The van der Waals surface area contributed by atoms with Crippen molar-refractivity contribution in [2.45, 2.75) is 64.3 Å². The molecule has 1 amide bonds. The van der Waals surface area contributed by atoms with E-state index in [0.29, 0.717) is 19.8 Å². The van der Waals surface area contributed by atoms with Crippen molar-refractivity contribution in [3.05, 3.63) is 11.6 Å². The van der Waals surface area contributed by atoms with Gasteiger partial charge in [-0.15, -0.1) is 10.2 Å². The first-order valence-electron chi connectivity index (χ1n) is 11.3. The maximum absolute atomic E-state index is 12.3. The van der Waals surface area contributed by atoms with Gasteiger partial charge in [-0.2, -0.15) is 0 Å². The van der Waals surface area contributed by atoms with E-state index in [9.17, 15) is 4.79 Å². The number of fused-ring (bicyclic) bond motifs is 1. The van der Waals surface area contributed by atoms with Crippen LogP contribution in [0.1, 0.15) is 56.6 Å². The van der Waals surface area contributed by atoms with Gasteiger partial charge < -0.3 is 19.5 Å². The van der Waals surface area contributed by atoms with Crippen LogP contribution in [0.5, 0.6) is 0 Å². The van der Waals surface area contributed by atoms with Crippen LogP contribution in [0.4, 0.5) is 0 Å². The summed E-state index contributed by atoms with van der Waals surface area (Å²) in [6.45, 7) is 6.44. The summed E-state index contributed by atoms with van der Waals surface area (Å²) < 4.78 is 7.63. The summed E-state index contributed by atoms with van der Waals surface area (Å²) in [6, 6.07) is 0. The zero-order valence-electron chi connectivity index (χ0n) is 17.1. The lowest BCUT2D eigenvalue weighted by atomic mass is 9.89. The molecule has 3 heterocycles. The maximum atomic E-state index is 12.3. The van der Waals surface area contributed by atoms with Crippen LogP contribution in [0, 0.1) is 11.8 Å². The molecule has 0 aromatic carbocycles. The summed E-state index contributed by atoms with van der Waals surface area (Å²) >= 11 is 0. The maximum Gasteiger partial charge on any atom is 0.223 e. The Balaban J connectivity index is 1.24. The zero-order valence-corrected chi connectivity index (χ0v) is 17.1. The SMILES string of the molecule is O=C(NCCc1nnc2n1CCN(CC1CCCCC1)CC2)C1CCOCC1. The number of rotatable bonds is 6. The second kappa shape index (κ2) is 9.83. The molecule has 1 aromatic rings. The lowest BCUT2D eigenvalue weighted by molar-refractivity contribution is -0.127. The van der Waals surface area contributed by atoms with E-state index in [1.54, 1.807) is 0 Å². The molecule has 2 aliphatic heterocycles. The molecule has 1 N–H and O–H groups in total. The molecule has 1 saturated heterocycles. The van der Waals surface area contributed by atoms with Crippen molar-refractivity contribution < 1.29 is 9.53 Å². The minimum Gasteiger partial charge on any atom is -0.381 e. The van der Waals surface area contributed by atoms with E-state index in [0.717, 1.165) is 62.9 Å². The molecule has 0 atom stereocenters. The topological polar surface area (TPSA) is 72.3 Å². The average molecular weight is 390 g/mol. The second-order valence-corrected chi connectivity index (χ2v) is 8.67. The molecule has 0 radical (unpaired) electrons. The van der Waals surface area contributed by atoms with Gasteiger partial charge in [0.25, 0.3) is 0 Å². The Hall–Kier alpha value is -1.47.